The van der Waals surface area contributed by atoms with E-state index in [1.807, 2.05) is 5.38 Å². The fourth-order valence-corrected chi connectivity index (χ4v) is 2.73. The maximum atomic E-state index is 4.17. The van der Waals surface area contributed by atoms with Gasteiger partial charge in [0.25, 0.3) is 0 Å². The van der Waals surface area contributed by atoms with Crippen molar-refractivity contribution in [3.8, 4) is 10.7 Å². The van der Waals surface area contributed by atoms with Gasteiger partial charge in [-0.2, -0.15) is 0 Å². The van der Waals surface area contributed by atoms with Crippen molar-refractivity contribution in [1.82, 2.24) is 25.1 Å². The number of aromatic nitrogens is 4. The summed E-state index contributed by atoms with van der Waals surface area (Å²) < 4.78 is 3.82. The molecule has 0 aromatic carbocycles. The summed E-state index contributed by atoms with van der Waals surface area (Å²) in [6.45, 7) is 4.30. The highest BCUT2D eigenvalue weighted by molar-refractivity contribution is 7.15. The van der Waals surface area contributed by atoms with Gasteiger partial charge in [-0.25, -0.2) is 0 Å². The predicted molar refractivity (Wildman–Crippen MR) is 70.3 cm³/mol. The van der Waals surface area contributed by atoms with Crippen LogP contribution in [0.2, 0.25) is 0 Å². The topological polar surface area (TPSA) is 63.6 Å². The van der Waals surface area contributed by atoms with E-state index in [2.05, 4.69) is 32.0 Å². The zero-order valence-electron chi connectivity index (χ0n) is 9.72. The SMILES string of the molecule is CCCNCCCc1nnc(-c2csnn2)s1. The standard InChI is InChI=1S/C10H15N5S2/c1-2-5-11-6-3-4-9-13-14-10(17-9)8-7-16-15-12-8/h7,11H,2-6H2,1H3. The first-order valence-electron chi connectivity index (χ1n) is 5.70. The van der Waals surface area contributed by atoms with Crippen molar-refractivity contribution in [2.45, 2.75) is 26.2 Å². The molecular weight excluding hydrogens is 254 g/mol. The molecule has 2 aromatic heterocycles. The number of hydrogen-bond donors (Lipinski definition) is 1. The highest BCUT2D eigenvalue weighted by Gasteiger charge is 2.08. The van der Waals surface area contributed by atoms with Crippen LogP contribution in [0.4, 0.5) is 0 Å². The minimum Gasteiger partial charge on any atom is -0.317 e. The zero-order chi connectivity index (χ0) is 11.9. The van der Waals surface area contributed by atoms with Crippen LogP contribution in [0.5, 0.6) is 0 Å². The zero-order valence-corrected chi connectivity index (χ0v) is 11.4. The molecule has 2 aromatic rings. The van der Waals surface area contributed by atoms with E-state index in [1.54, 1.807) is 11.3 Å². The monoisotopic (exact) mass is 269 g/mol. The summed E-state index contributed by atoms with van der Waals surface area (Å²) >= 11 is 2.95. The first-order valence-corrected chi connectivity index (χ1v) is 7.36. The van der Waals surface area contributed by atoms with E-state index >= 15 is 0 Å². The molecule has 0 unspecified atom stereocenters. The summed E-state index contributed by atoms with van der Waals surface area (Å²) in [4.78, 5) is 0. The Morgan fingerprint density at radius 3 is 2.94 bits per heavy atom. The van der Waals surface area contributed by atoms with Crippen LogP contribution in [-0.2, 0) is 6.42 Å². The van der Waals surface area contributed by atoms with Gasteiger partial charge in [0.2, 0.25) is 0 Å². The van der Waals surface area contributed by atoms with Crippen molar-refractivity contribution >= 4 is 22.9 Å². The van der Waals surface area contributed by atoms with Crippen LogP contribution in [0.3, 0.4) is 0 Å². The molecular formula is C10H15N5S2. The van der Waals surface area contributed by atoms with Crippen molar-refractivity contribution < 1.29 is 0 Å². The third-order valence-corrected chi connectivity index (χ3v) is 3.73. The van der Waals surface area contributed by atoms with E-state index in [9.17, 15) is 0 Å². The summed E-state index contributed by atoms with van der Waals surface area (Å²) in [6.07, 6.45) is 3.26. The molecule has 0 aliphatic heterocycles. The molecule has 92 valence electrons. The van der Waals surface area contributed by atoms with Gasteiger partial charge >= 0.3 is 0 Å². The molecule has 2 heterocycles. The van der Waals surface area contributed by atoms with E-state index in [1.165, 1.54) is 18.0 Å². The molecule has 0 fully saturated rings. The van der Waals surface area contributed by atoms with Gasteiger partial charge in [-0.3, -0.25) is 0 Å². The van der Waals surface area contributed by atoms with Crippen molar-refractivity contribution in [3.63, 3.8) is 0 Å². The van der Waals surface area contributed by atoms with Crippen molar-refractivity contribution in [2.75, 3.05) is 13.1 Å². The molecule has 0 aliphatic rings. The Morgan fingerprint density at radius 2 is 2.18 bits per heavy atom. The van der Waals surface area contributed by atoms with E-state index in [4.69, 9.17) is 0 Å². The Balaban J connectivity index is 1.79. The van der Waals surface area contributed by atoms with Crippen LogP contribution in [0, 0.1) is 0 Å². The minimum atomic E-state index is 0.836. The van der Waals surface area contributed by atoms with Crippen LogP contribution in [0.1, 0.15) is 24.8 Å². The Morgan fingerprint density at radius 1 is 1.24 bits per heavy atom. The summed E-state index contributed by atoms with van der Waals surface area (Å²) in [5.74, 6) is 0. The molecule has 0 bridgehead atoms. The fourth-order valence-electron chi connectivity index (χ4n) is 1.38. The van der Waals surface area contributed by atoms with Gasteiger partial charge in [0.15, 0.2) is 5.01 Å². The van der Waals surface area contributed by atoms with E-state index in [-0.39, 0.29) is 0 Å². The normalized spacial score (nSPS) is 10.9. The second-order valence-corrected chi connectivity index (χ2v) is 5.32. The lowest BCUT2D eigenvalue weighted by molar-refractivity contribution is 0.637. The van der Waals surface area contributed by atoms with Crippen LogP contribution in [-0.4, -0.2) is 32.9 Å². The maximum Gasteiger partial charge on any atom is 0.169 e. The van der Waals surface area contributed by atoms with Crippen LogP contribution < -0.4 is 5.32 Å². The van der Waals surface area contributed by atoms with E-state index in [0.29, 0.717) is 0 Å². The number of hydrogen-bond acceptors (Lipinski definition) is 7. The van der Waals surface area contributed by atoms with Gasteiger partial charge in [0.1, 0.15) is 10.7 Å². The Bertz CT molecular complexity index is 426. The average molecular weight is 269 g/mol. The molecule has 0 atom stereocenters. The van der Waals surface area contributed by atoms with Gasteiger partial charge in [0, 0.05) is 11.8 Å². The van der Waals surface area contributed by atoms with Crippen molar-refractivity contribution in [2.24, 2.45) is 0 Å². The molecule has 0 radical (unpaired) electrons. The molecule has 0 saturated heterocycles. The fraction of sp³-hybridized carbons (Fsp3) is 0.600. The summed E-state index contributed by atoms with van der Waals surface area (Å²) in [6, 6.07) is 0. The second-order valence-electron chi connectivity index (χ2n) is 3.64. The van der Waals surface area contributed by atoms with E-state index in [0.717, 1.165) is 41.6 Å². The smallest absolute Gasteiger partial charge is 0.169 e. The number of aryl methyl sites for hydroxylation is 1. The molecule has 5 nitrogen and oxygen atoms in total. The summed E-state index contributed by atoms with van der Waals surface area (Å²) in [5.41, 5.74) is 0.836. The largest absolute Gasteiger partial charge is 0.317 e. The third-order valence-electron chi connectivity index (χ3n) is 2.22. The summed E-state index contributed by atoms with van der Waals surface area (Å²) in [7, 11) is 0. The van der Waals surface area contributed by atoms with Gasteiger partial charge in [-0.1, -0.05) is 22.7 Å². The lowest BCUT2D eigenvalue weighted by Gasteiger charge is -1.99. The van der Waals surface area contributed by atoms with Crippen molar-refractivity contribution in [1.29, 1.82) is 0 Å². The van der Waals surface area contributed by atoms with Crippen LogP contribution >= 0.6 is 22.9 Å². The highest BCUT2D eigenvalue weighted by atomic mass is 32.1. The number of nitrogens with zero attached hydrogens (tertiary/aromatic N) is 4. The molecule has 0 saturated carbocycles. The number of nitrogens with one attached hydrogen (secondary N) is 1. The van der Waals surface area contributed by atoms with Crippen molar-refractivity contribution in [3.05, 3.63) is 10.4 Å². The Labute approximate surface area is 108 Å². The molecule has 2 rings (SSSR count). The molecule has 0 amide bonds. The first kappa shape index (κ1) is 12.5. The predicted octanol–water partition coefficient (Wildman–Crippen LogP) is 1.99. The average Bonchev–Trinajstić information content (AvgIpc) is 2.99. The molecule has 17 heavy (non-hydrogen) atoms. The van der Waals surface area contributed by atoms with Crippen LogP contribution in [0.15, 0.2) is 5.38 Å². The molecule has 0 aliphatic carbocycles. The second kappa shape index (κ2) is 6.73. The van der Waals surface area contributed by atoms with Gasteiger partial charge in [-0.05, 0) is 37.5 Å². The van der Waals surface area contributed by atoms with Gasteiger partial charge < -0.3 is 5.32 Å². The molecule has 7 heteroatoms. The minimum absolute atomic E-state index is 0.836. The third kappa shape index (κ3) is 3.79. The number of rotatable bonds is 7. The maximum absolute atomic E-state index is 4.17. The quantitative estimate of drug-likeness (QED) is 0.779. The lowest BCUT2D eigenvalue weighted by atomic mass is 10.3. The lowest BCUT2D eigenvalue weighted by Crippen LogP contribution is -2.16. The highest BCUT2D eigenvalue weighted by Crippen LogP contribution is 2.22. The van der Waals surface area contributed by atoms with Gasteiger partial charge in [-0.15, -0.1) is 15.3 Å². The Hall–Kier alpha value is -0.920. The van der Waals surface area contributed by atoms with E-state index < -0.39 is 0 Å². The van der Waals surface area contributed by atoms with Crippen LogP contribution in [0.25, 0.3) is 10.7 Å². The Kier molecular flexibility index (Phi) is 4.96. The summed E-state index contributed by atoms with van der Waals surface area (Å²) in [5, 5.41) is 19.5. The molecule has 0 spiro atoms. The van der Waals surface area contributed by atoms with Gasteiger partial charge in [0.05, 0.1) is 0 Å². The first-order chi connectivity index (χ1) is 8.40. The molecule has 1 N–H and O–H groups in total.